The number of hydrogen-bond acceptors (Lipinski definition) is 7. The van der Waals surface area contributed by atoms with Gasteiger partial charge < -0.3 is 24.8 Å². The standard InChI is InChI=1S/C28H39F2N3O5/c1-3-9-37-25-20(5-6-21(32-25)27(15-22(34)36-2)7-4-8-31-16-27)24(35)33-23-18-10-17-11-19(23)14-28(12-17,13-18)38-26(29)30/h5-6,17-19,23,26,31H,3-4,7-16H2,1-2H3,(H,33,35)/t17?,18?,19?,23?,27-,28?/m0/s1. The van der Waals surface area contributed by atoms with Gasteiger partial charge in [0.2, 0.25) is 5.88 Å². The van der Waals surface area contributed by atoms with E-state index in [1.807, 2.05) is 13.0 Å². The highest BCUT2D eigenvalue weighted by molar-refractivity contribution is 5.96. The molecular formula is C28H39F2N3O5. The highest BCUT2D eigenvalue weighted by atomic mass is 19.3. The lowest BCUT2D eigenvalue weighted by Crippen LogP contribution is -2.62. The summed E-state index contributed by atoms with van der Waals surface area (Å²) in [5, 5.41) is 6.60. The molecule has 1 amide bonds. The Kier molecular flexibility index (Phi) is 7.91. The van der Waals surface area contributed by atoms with E-state index in [1.165, 1.54) is 7.11 Å². The van der Waals surface area contributed by atoms with Crippen LogP contribution in [-0.4, -0.2) is 61.9 Å². The molecule has 1 saturated heterocycles. The molecule has 6 rings (SSSR count). The Labute approximate surface area is 222 Å². The highest BCUT2D eigenvalue weighted by Crippen LogP contribution is 2.57. The van der Waals surface area contributed by atoms with Crippen LogP contribution >= 0.6 is 0 Å². The molecule has 2 N–H and O–H groups in total. The molecule has 8 nitrogen and oxygen atoms in total. The van der Waals surface area contributed by atoms with Crippen molar-refractivity contribution in [3.05, 3.63) is 23.4 Å². The van der Waals surface area contributed by atoms with E-state index in [-0.39, 0.29) is 42.1 Å². The SMILES string of the molecule is CCCOc1nc([C@]2(CC(=O)OC)CCCNC2)ccc1C(=O)NC1C2CC3CC1CC(OC(F)F)(C3)C2. The first-order valence-corrected chi connectivity index (χ1v) is 13.9. The molecule has 1 aromatic rings. The number of halogens is 2. The van der Waals surface area contributed by atoms with Crippen LogP contribution in [0.1, 0.15) is 80.8 Å². The van der Waals surface area contributed by atoms with Crippen molar-refractivity contribution in [2.24, 2.45) is 17.8 Å². The Hall–Kier alpha value is -2.33. The summed E-state index contributed by atoms with van der Waals surface area (Å²) in [7, 11) is 1.38. The summed E-state index contributed by atoms with van der Waals surface area (Å²) in [5.74, 6) is 0.307. The first-order chi connectivity index (χ1) is 18.3. The zero-order valence-corrected chi connectivity index (χ0v) is 22.3. The number of nitrogens with zero attached hydrogens (tertiary/aromatic N) is 1. The summed E-state index contributed by atoms with van der Waals surface area (Å²) in [4.78, 5) is 30.7. The van der Waals surface area contributed by atoms with Gasteiger partial charge in [0, 0.05) is 18.0 Å². The Morgan fingerprint density at radius 3 is 2.61 bits per heavy atom. The lowest BCUT2D eigenvalue weighted by Gasteiger charge is -2.59. The number of alkyl halides is 2. The number of aromatic nitrogens is 1. The van der Waals surface area contributed by atoms with Gasteiger partial charge in [-0.05, 0) is 87.8 Å². The summed E-state index contributed by atoms with van der Waals surface area (Å²) in [6.07, 6.45) is 6.26. The molecule has 4 bridgehead atoms. The van der Waals surface area contributed by atoms with Crippen LogP contribution in [0.2, 0.25) is 0 Å². The van der Waals surface area contributed by atoms with E-state index < -0.39 is 17.6 Å². The molecule has 0 aromatic carbocycles. The minimum absolute atomic E-state index is 0.0830. The number of hydrogen-bond donors (Lipinski definition) is 2. The normalized spacial score (nSPS) is 33.8. The zero-order chi connectivity index (χ0) is 26.9. The molecule has 0 radical (unpaired) electrons. The van der Waals surface area contributed by atoms with Crippen molar-refractivity contribution in [2.45, 2.75) is 88.4 Å². The fourth-order valence-corrected chi connectivity index (χ4v) is 7.74. The largest absolute Gasteiger partial charge is 0.477 e. The number of methoxy groups -OCH3 is 1. The molecule has 0 spiro atoms. The van der Waals surface area contributed by atoms with Gasteiger partial charge >= 0.3 is 12.6 Å². The van der Waals surface area contributed by atoms with Crippen molar-refractivity contribution in [3.63, 3.8) is 0 Å². The fourth-order valence-electron chi connectivity index (χ4n) is 7.74. The van der Waals surface area contributed by atoms with E-state index in [0.29, 0.717) is 49.6 Å². The minimum Gasteiger partial charge on any atom is -0.477 e. The smallest absolute Gasteiger partial charge is 0.345 e. The lowest BCUT2D eigenvalue weighted by molar-refractivity contribution is -0.260. The Bertz CT molecular complexity index is 1010. The van der Waals surface area contributed by atoms with E-state index in [1.54, 1.807) is 6.07 Å². The van der Waals surface area contributed by atoms with Crippen LogP contribution in [-0.2, 0) is 19.7 Å². The van der Waals surface area contributed by atoms with Crippen LogP contribution in [0.25, 0.3) is 0 Å². The van der Waals surface area contributed by atoms with Crippen LogP contribution in [0.3, 0.4) is 0 Å². The van der Waals surface area contributed by atoms with Gasteiger partial charge in [0.1, 0.15) is 5.56 Å². The molecule has 1 aromatic heterocycles. The zero-order valence-electron chi connectivity index (χ0n) is 22.3. The van der Waals surface area contributed by atoms with Gasteiger partial charge in [-0.3, -0.25) is 9.59 Å². The van der Waals surface area contributed by atoms with Gasteiger partial charge in [-0.2, -0.15) is 8.78 Å². The molecule has 4 saturated carbocycles. The van der Waals surface area contributed by atoms with Gasteiger partial charge in [-0.1, -0.05) is 6.92 Å². The Morgan fingerprint density at radius 2 is 1.97 bits per heavy atom. The molecule has 210 valence electrons. The van der Waals surface area contributed by atoms with Crippen LogP contribution in [0, 0.1) is 17.8 Å². The first-order valence-electron chi connectivity index (χ1n) is 13.9. The number of pyridine rings is 1. The van der Waals surface area contributed by atoms with E-state index in [9.17, 15) is 18.4 Å². The fraction of sp³-hybridized carbons (Fsp3) is 0.750. The van der Waals surface area contributed by atoms with Crippen molar-refractivity contribution in [3.8, 4) is 5.88 Å². The van der Waals surface area contributed by atoms with Crippen molar-refractivity contribution in [2.75, 3.05) is 26.8 Å². The molecule has 5 fully saturated rings. The number of amides is 1. The number of esters is 1. The van der Waals surface area contributed by atoms with Crippen LogP contribution in [0.5, 0.6) is 5.88 Å². The van der Waals surface area contributed by atoms with Gasteiger partial charge in [-0.15, -0.1) is 0 Å². The van der Waals surface area contributed by atoms with Crippen molar-refractivity contribution in [1.29, 1.82) is 0 Å². The number of rotatable bonds is 10. The predicted octanol–water partition coefficient (Wildman–Crippen LogP) is 3.97. The molecule has 2 heterocycles. The average Bonchev–Trinajstić information content (AvgIpc) is 2.88. The summed E-state index contributed by atoms with van der Waals surface area (Å²) >= 11 is 0. The molecule has 4 aliphatic carbocycles. The maximum Gasteiger partial charge on any atom is 0.345 e. The predicted molar refractivity (Wildman–Crippen MR) is 135 cm³/mol. The maximum atomic E-state index is 13.6. The summed E-state index contributed by atoms with van der Waals surface area (Å²) < 4.78 is 42.4. The van der Waals surface area contributed by atoms with Crippen LogP contribution in [0.4, 0.5) is 8.78 Å². The van der Waals surface area contributed by atoms with E-state index in [0.717, 1.165) is 38.6 Å². The summed E-state index contributed by atoms with van der Waals surface area (Å²) in [6.45, 7) is 1.07. The van der Waals surface area contributed by atoms with Gasteiger partial charge in [-0.25, -0.2) is 4.98 Å². The number of carbonyl (C=O) groups is 2. The van der Waals surface area contributed by atoms with Crippen LogP contribution < -0.4 is 15.4 Å². The third-order valence-corrected chi connectivity index (χ3v) is 9.13. The van der Waals surface area contributed by atoms with Gasteiger partial charge in [0.05, 0.1) is 31.4 Å². The monoisotopic (exact) mass is 535 g/mol. The molecule has 38 heavy (non-hydrogen) atoms. The van der Waals surface area contributed by atoms with E-state index >= 15 is 0 Å². The van der Waals surface area contributed by atoms with Crippen molar-refractivity contribution < 1.29 is 32.6 Å². The third kappa shape index (κ3) is 5.39. The summed E-state index contributed by atoms with van der Waals surface area (Å²) in [5.41, 5.74) is -0.234. The molecular weight excluding hydrogens is 496 g/mol. The Morgan fingerprint density at radius 1 is 1.21 bits per heavy atom. The summed E-state index contributed by atoms with van der Waals surface area (Å²) in [6, 6.07) is 3.49. The molecule has 5 aliphatic rings. The second-order valence-corrected chi connectivity index (χ2v) is 11.7. The molecule has 1 aliphatic heterocycles. The number of ether oxygens (including phenoxy) is 3. The quantitative estimate of drug-likeness (QED) is 0.438. The maximum absolute atomic E-state index is 13.6. The highest BCUT2D eigenvalue weighted by Gasteiger charge is 2.57. The number of nitrogens with one attached hydrogen (secondary N) is 2. The van der Waals surface area contributed by atoms with E-state index in [4.69, 9.17) is 19.2 Å². The van der Waals surface area contributed by atoms with Gasteiger partial charge in [0.25, 0.3) is 5.91 Å². The second-order valence-electron chi connectivity index (χ2n) is 11.7. The Balaban J connectivity index is 1.37. The van der Waals surface area contributed by atoms with Crippen LogP contribution in [0.15, 0.2) is 12.1 Å². The van der Waals surface area contributed by atoms with Gasteiger partial charge in [0.15, 0.2) is 0 Å². The number of piperidine rings is 1. The van der Waals surface area contributed by atoms with E-state index in [2.05, 4.69) is 10.6 Å². The molecule has 2 unspecified atom stereocenters. The molecule has 3 atom stereocenters. The minimum atomic E-state index is -2.77. The number of carbonyl (C=O) groups excluding carboxylic acids is 2. The third-order valence-electron chi connectivity index (χ3n) is 9.13. The lowest BCUT2D eigenvalue weighted by atomic mass is 9.52. The average molecular weight is 536 g/mol. The molecule has 10 heteroatoms. The van der Waals surface area contributed by atoms with Crippen molar-refractivity contribution >= 4 is 11.9 Å². The first kappa shape index (κ1) is 27.2. The van der Waals surface area contributed by atoms with Crippen molar-refractivity contribution in [1.82, 2.24) is 15.6 Å². The topological polar surface area (TPSA) is 98.8 Å². The second kappa shape index (κ2) is 11.0.